The number of aromatic carboxylic acids is 1. The van der Waals surface area contributed by atoms with Gasteiger partial charge in [0.2, 0.25) is 0 Å². The Balaban J connectivity index is 2.25. The first-order valence-corrected chi connectivity index (χ1v) is 7.88. The minimum atomic E-state index is -4.89. The molecule has 0 bridgehead atoms. The second-order valence-corrected chi connectivity index (χ2v) is 6.27. The van der Waals surface area contributed by atoms with Crippen LogP contribution in [-0.4, -0.2) is 27.0 Å². The van der Waals surface area contributed by atoms with Crippen LogP contribution in [0, 0.1) is 0 Å². The summed E-state index contributed by atoms with van der Waals surface area (Å²) in [6, 6.07) is 3.85. The summed E-state index contributed by atoms with van der Waals surface area (Å²) in [6.45, 7) is 3.71. The molecule has 2 heterocycles. The Kier molecular flexibility index (Phi) is 4.22. The fourth-order valence-electron chi connectivity index (χ4n) is 2.97. The molecule has 1 aliphatic carbocycles. The topological polar surface area (TPSA) is 64.4 Å². The van der Waals surface area contributed by atoms with Crippen LogP contribution in [0.15, 0.2) is 24.4 Å². The normalized spacial score (nSPS) is 14.8. The zero-order valence-electron chi connectivity index (χ0n) is 13.7. The molecule has 25 heavy (non-hydrogen) atoms. The average Bonchev–Trinajstić information content (AvgIpc) is 3.25. The maximum Gasteiger partial charge on any atom is 0.573 e. The molecule has 0 saturated heterocycles. The lowest BCUT2D eigenvalue weighted by molar-refractivity contribution is -0.274. The van der Waals surface area contributed by atoms with E-state index < -0.39 is 18.1 Å². The molecule has 0 aromatic carbocycles. The minimum Gasteiger partial charge on any atom is -0.478 e. The van der Waals surface area contributed by atoms with Crippen LogP contribution in [-0.2, 0) is 0 Å². The average molecular weight is 354 g/mol. The number of alkyl halides is 3. The van der Waals surface area contributed by atoms with Gasteiger partial charge in [-0.2, -0.15) is 0 Å². The first kappa shape index (κ1) is 17.3. The van der Waals surface area contributed by atoms with E-state index in [1.807, 2.05) is 13.8 Å². The molecule has 0 unspecified atom stereocenters. The van der Waals surface area contributed by atoms with E-state index in [1.54, 1.807) is 10.6 Å². The fraction of sp³-hybridized carbons (Fsp3) is 0.412. The smallest absolute Gasteiger partial charge is 0.478 e. The van der Waals surface area contributed by atoms with E-state index in [9.17, 15) is 23.1 Å². The van der Waals surface area contributed by atoms with Crippen LogP contribution in [0.4, 0.5) is 13.2 Å². The third-order valence-electron chi connectivity index (χ3n) is 4.03. The molecule has 8 heteroatoms. The maximum atomic E-state index is 12.7. The highest BCUT2D eigenvalue weighted by atomic mass is 19.4. The van der Waals surface area contributed by atoms with E-state index in [-0.39, 0.29) is 28.9 Å². The van der Waals surface area contributed by atoms with E-state index in [1.165, 1.54) is 12.3 Å². The highest BCUT2D eigenvalue weighted by Gasteiger charge is 2.36. The summed E-state index contributed by atoms with van der Waals surface area (Å²) in [7, 11) is 0. The van der Waals surface area contributed by atoms with Crippen molar-refractivity contribution in [2.24, 2.45) is 0 Å². The molecule has 0 atom stereocenters. The Labute approximate surface area is 142 Å². The van der Waals surface area contributed by atoms with Gasteiger partial charge in [-0.05, 0) is 50.8 Å². The number of hydrogen-bond donors (Lipinski definition) is 1. The van der Waals surface area contributed by atoms with Crippen molar-refractivity contribution in [3.8, 4) is 17.1 Å². The zero-order valence-corrected chi connectivity index (χ0v) is 13.7. The standard InChI is InChI=1S/C17H17F3N2O3/c1-9(2)22-12(10-5-6-10)8-11(16(23)24)15(22)14-13(4-3-7-21-14)25-17(18,19)20/h3-4,7-10H,5-6H2,1-2H3,(H,23,24). The molecule has 3 rings (SSSR count). The molecule has 1 N–H and O–H groups in total. The first-order chi connectivity index (χ1) is 11.7. The van der Waals surface area contributed by atoms with Crippen molar-refractivity contribution in [1.29, 1.82) is 0 Å². The van der Waals surface area contributed by atoms with Gasteiger partial charge in [-0.25, -0.2) is 4.79 Å². The van der Waals surface area contributed by atoms with Gasteiger partial charge in [0.15, 0.2) is 5.75 Å². The highest BCUT2D eigenvalue weighted by molar-refractivity contribution is 5.96. The number of carbonyl (C=O) groups is 1. The SMILES string of the molecule is CC(C)n1c(C2CC2)cc(C(=O)O)c1-c1ncccc1OC(F)(F)F. The summed E-state index contributed by atoms with van der Waals surface area (Å²) in [5, 5.41) is 9.57. The van der Waals surface area contributed by atoms with E-state index in [0.717, 1.165) is 24.6 Å². The molecule has 134 valence electrons. The molecule has 5 nitrogen and oxygen atoms in total. The van der Waals surface area contributed by atoms with Crippen molar-refractivity contribution in [2.75, 3.05) is 0 Å². The Bertz CT molecular complexity index is 808. The van der Waals surface area contributed by atoms with Crippen molar-refractivity contribution in [1.82, 2.24) is 9.55 Å². The van der Waals surface area contributed by atoms with Gasteiger partial charge in [0.1, 0.15) is 5.69 Å². The predicted octanol–water partition coefficient (Wildman–Crippen LogP) is 4.61. The minimum absolute atomic E-state index is 0.0682. The number of carboxylic acid groups (broad SMARTS) is 1. The summed E-state index contributed by atoms with van der Waals surface area (Å²) >= 11 is 0. The van der Waals surface area contributed by atoms with Crippen molar-refractivity contribution >= 4 is 5.97 Å². The van der Waals surface area contributed by atoms with Gasteiger partial charge in [0, 0.05) is 17.9 Å². The number of aromatic nitrogens is 2. The molecule has 2 aromatic heterocycles. The van der Waals surface area contributed by atoms with Crippen molar-refractivity contribution in [2.45, 2.75) is 45.0 Å². The Morgan fingerprint density at radius 2 is 2.08 bits per heavy atom. The predicted molar refractivity (Wildman–Crippen MR) is 83.7 cm³/mol. The van der Waals surface area contributed by atoms with Crippen LogP contribution in [0.3, 0.4) is 0 Å². The summed E-state index contributed by atoms with van der Waals surface area (Å²) in [6.07, 6.45) is -1.71. The monoisotopic (exact) mass is 354 g/mol. The Hall–Kier alpha value is -2.51. The summed E-state index contributed by atoms with van der Waals surface area (Å²) in [5.41, 5.74) is 0.759. The fourth-order valence-corrected chi connectivity index (χ4v) is 2.97. The van der Waals surface area contributed by atoms with Crippen LogP contribution >= 0.6 is 0 Å². The van der Waals surface area contributed by atoms with Crippen LogP contribution in [0.5, 0.6) is 5.75 Å². The quantitative estimate of drug-likeness (QED) is 0.852. The molecule has 1 aliphatic rings. The van der Waals surface area contributed by atoms with Gasteiger partial charge < -0.3 is 14.4 Å². The van der Waals surface area contributed by atoms with Gasteiger partial charge in [-0.1, -0.05) is 0 Å². The second kappa shape index (κ2) is 6.09. The number of ether oxygens (including phenoxy) is 1. The third kappa shape index (κ3) is 3.47. The highest BCUT2D eigenvalue weighted by Crippen LogP contribution is 2.46. The lowest BCUT2D eigenvalue weighted by atomic mass is 10.1. The van der Waals surface area contributed by atoms with Gasteiger partial charge in [-0.15, -0.1) is 13.2 Å². The number of nitrogens with zero attached hydrogens (tertiary/aromatic N) is 2. The molecule has 0 radical (unpaired) electrons. The van der Waals surface area contributed by atoms with Crippen LogP contribution < -0.4 is 4.74 Å². The van der Waals surface area contributed by atoms with E-state index in [0.29, 0.717) is 0 Å². The summed E-state index contributed by atoms with van der Waals surface area (Å²) in [4.78, 5) is 15.7. The summed E-state index contributed by atoms with van der Waals surface area (Å²) < 4.78 is 44.0. The number of hydrogen-bond acceptors (Lipinski definition) is 3. The number of carboxylic acids is 1. The van der Waals surface area contributed by atoms with Crippen LogP contribution in [0.25, 0.3) is 11.4 Å². The van der Waals surface area contributed by atoms with E-state index in [2.05, 4.69) is 9.72 Å². The van der Waals surface area contributed by atoms with Gasteiger partial charge in [-0.3, -0.25) is 4.98 Å². The molecule has 2 aromatic rings. The van der Waals surface area contributed by atoms with Gasteiger partial charge in [0.05, 0.1) is 11.3 Å². The molecule has 0 aliphatic heterocycles. The van der Waals surface area contributed by atoms with Crippen molar-refractivity contribution in [3.63, 3.8) is 0 Å². The van der Waals surface area contributed by atoms with Gasteiger partial charge >= 0.3 is 12.3 Å². The molecule has 0 spiro atoms. The van der Waals surface area contributed by atoms with E-state index in [4.69, 9.17) is 0 Å². The molecular formula is C17H17F3N2O3. The largest absolute Gasteiger partial charge is 0.573 e. The maximum absolute atomic E-state index is 12.7. The molecule has 0 amide bonds. The second-order valence-electron chi connectivity index (χ2n) is 6.27. The Morgan fingerprint density at radius 3 is 2.60 bits per heavy atom. The van der Waals surface area contributed by atoms with Crippen LogP contribution in [0.2, 0.25) is 0 Å². The summed E-state index contributed by atoms with van der Waals surface area (Å²) in [5.74, 6) is -1.50. The van der Waals surface area contributed by atoms with E-state index >= 15 is 0 Å². The number of pyridine rings is 1. The lowest BCUT2D eigenvalue weighted by Crippen LogP contribution is -2.18. The van der Waals surface area contributed by atoms with Gasteiger partial charge in [0.25, 0.3) is 0 Å². The molecule has 1 saturated carbocycles. The van der Waals surface area contributed by atoms with Crippen molar-refractivity contribution in [3.05, 3.63) is 35.7 Å². The zero-order chi connectivity index (χ0) is 18.4. The van der Waals surface area contributed by atoms with Crippen LogP contribution in [0.1, 0.15) is 54.7 Å². The number of halogens is 3. The third-order valence-corrected chi connectivity index (χ3v) is 4.03. The molecular weight excluding hydrogens is 337 g/mol. The lowest BCUT2D eigenvalue weighted by Gasteiger charge is -2.19. The Morgan fingerprint density at radius 1 is 1.40 bits per heavy atom. The molecule has 1 fully saturated rings. The first-order valence-electron chi connectivity index (χ1n) is 7.88. The van der Waals surface area contributed by atoms with Crippen molar-refractivity contribution < 1.29 is 27.8 Å². The number of rotatable bonds is 5.